The van der Waals surface area contributed by atoms with Crippen LogP contribution in [0.3, 0.4) is 0 Å². The third-order valence-corrected chi connectivity index (χ3v) is 10.1. The second-order valence-corrected chi connectivity index (χ2v) is 15.9. The molecule has 3 atom stereocenters. The zero-order valence-corrected chi connectivity index (χ0v) is 35.2. The number of hydrogen-bond donors (Lipinski definition) is 3. The molecule has 0 aromatic carbocycles. The Bertz CT molecular complexity index is 1000. The number of rotatable bonds is 41. The average Bonchev–Trinajstić information content (AvgIpc) is 3.15. The Kier molecular flexibility index (Phi) is 38.1. The monoisotopic (exact) mass is 786 g/mol. The van der Waals surface area contributed by atoms with E-state index in [2.05, 4.69) is 50.3 Å². The number of esters is 1. The van der Waals surface area contributed by atoms with E-state index in [1.54, 1.807) is 0 Å². The largest absolute Gasteiger partial charge is 0.480 e. The first kappa shape index (κ1) is 52.2. The van der Waals surface area contributed by atoms with E-state index in [-0.39, 0.29) is 13.0 Å². The normalized spacial score (nSPS) is 14.3. The fourth-order valence-corrected chi connectivity index (χ4v) is 6.52. The van der Waals surface area contributed by atoms with Crippen LogP contribution in [0.15, 0.2) is 36.5 Å². The second-order valence-electron chi connectivity index (χ2n) is 14.5. The first-order chi connectivity index (χ1) is 26.2. The van der Waals surface area contributed by atoms with E-state index in [4.69, 9.17) is 29.4 Å². The van der Waals surface area contributed by atoms with Crippen molar-refractivity contribution in [3.05, 3.63) is 36.5 Å². The van der Waals surface area contributed by atoms with E-state index < -0.39 is 45.1 Å². The number of allylic oxidation sites excluding steroid dienone is 6. The van der Waals surface area contributed by atoms with Crippen molar-refractivity contribution >= 4 is 19.8 Å². The van der Waals surface area contributed by atoms with Crippen LogP contribution in [0.25, 0.3) is 0 Å². The summed E-state index contributed by atoms with van der Waals surface area (Å²) in [6, 6.07) is -1.48. The van der Waals surface area contributed by atoms with Crippen LogP contribution in [0.4, 0.5) is 0 Å². The number of aliphatic carboxylic acids is 1. The van der Waals surface area contributed by atoms with Crippen molar-refractivity contribution in [2.24, 2.45) is 5.73 Å². The van der Waals surface area contributed by atoms with Gasteiger partial charge in [0.25, 0.3) is 0 Å². The summed E-state index contributed by atoms with van der Waals surface area (Å²) in [5.74, 6) is -1.79. The summed E-state index contributed by atoms with van der Waals surface area (Å²) in [6.45, 7) is 3.83. The van der Waals surface area contributed by atoms with Gasteiger partial charge in [-0.2, -0.15) is 0 Å². The van der Waals surface area contributed by atoms with Gasteiger partial charge in [0.1, 0.15) is 12.1 Å². The highest BCUT2D eigenvalue weighted by molar-refractivity contribution is 7.47. The molecular weight excluding hydrogens is 705 g/mol. The predicted octanol–water partition coefficient (Wildman–Crippen LogP) is 11.7. The average molecular weight is 786 g/mol. The summed E-state index contributed by atoms with van der Waals surface area (Å²) in [7, 11) is -4.62. The van der Waals surface area contributed by atoms with Crippen molar-refractivity contribution < 1.29 is 42.7 Å². The van der Waals surface area contributed by atoms with Crippen LogP contribution in [0.2, 0.25) is 0 Å². The third-order valence-electron chi connectivity index (χ3n) is 9.14. The van der Waals surface area contributed by atoms with E-state index >= 15 is 0 Å². The molecule has 0 aliphatic carbocycles. The lowest BCUT2D eigenvalue weighted by atomic mass is 10.1. The number of carboxylic acid groups (broad SMARTS) is 1. The third kappa shape index (κ3) is 38.5. The SMILES string of the molecule is CCCCCC/C=C\C/C=C\CCCCCCCCOCC(COP(=O)(O)OCC(N)C(=O)O)OC(=O)CCCCCCC/C=C\CCCCCCCC. The lowest BCUT2D eigenvalue weighted by molar-refractivity contribution is -0.154. The van der Waals surface area contributed by atoms with Crippen LogP contribution in [0.1, 0.15) is 187 Å². The van der Waals surface area contributed by atoms with Crippen molar-refractivity contribution in [3.8, 4) is 0 Å². The lowest BCUT2D eigenvalue weighted by Gasteiger charge is -2.20. The van der Waals surface area contributed by atoms with E-state index in [1.165, 1.54) is 96.3 Å². The van der Waals surface area contributed by atoms with Gasteiger partial charge in [-0.3, -0.25) is 18.6 Å². The van der Waals surface area contributed by atoms with Crippen molar-refractivity contribution in [1.29, 1.82) is 0 Å². The van der Waals surface area contributed by atoms with E-state index in [0.29, 0.717) is 13.0 Å². The summed E-state index contributed by atoms with van der Waals surface area (Å²) in [6.07, 6.45) is 43.3. The molecule has 0 fully saturated rings. The molecule has 10 nitrogen and oxygen atoms in total. The van der Waals surface area contributed by atoms with Crippen molar-refractivity contribution in [2.75, 3.05) is 26.4 Å². The highest BCUT2D eigenvalue weighted by Crippen LogP contribution is 2.43. The molecule has 0 heterocycles. The molecule has 0 aliphatic heterocycles. The molecule has 0 saturated heterocycles. The van der Waals surface area contributed by atoms with E-state index in [0.717, 1.165) is 64.2 Å². The fraction of sp³-hybridized carbons (Fsp3) is 0.814. The number of ether oxygens (including phenoxy) is 2. The summed E-state index contributed by atoms with van der Waals surface area (Å²) in [5, 5.41) is 8.89. The predicted molar refractivity (Wildman–Crippen MR) is 221 cm³/mol. The van der Waals surface area contributed by atoms with Crippen LogP contribution in [-0.4, -0.2) is 60.5 Å². The molecule has 0 rings (SSSR count). The maximum atomic E-state index is 12.6. The Labute approximate surface area is 329 Å². The maximum absolute atomic E-state index is 12.6. The molecule has 0 aliphatic rings. The Morgan fingerprint density at radius 1 is 0.593 bits per heavy atom. The molecule has 316 valence electrons. The van der Waals surface area contributed by atoms with Crippen molar-refractivity contribution in [2.45, 2.75) is 199 Å². The van der Waals surface area contributed by atoms with Crippen molar-refractivity contribution in [3.63, 3.8) is 0 Å². The number of nitrogens with two attached hydrogens (primary N) is 1. The number of carbonyl (C=O) groups excluding carboxylic acids is 1. The van der Waals surface area contributed by atoms with Gasteiger partial charge in [0, 0.05) is 13.0 Å². The maximum Gasteiger partial charge on any atom is 0.472 e. The molecular formula is C43H80NO9P. The fourth-order valence-electron chi connectivity index (χ4n) is 5.75. The first-order valence-electron chi connectivity index (χ1n) is 21.5. The summed E-state index contributed by atoms with van der Waals surface area (Å²) < 4.78 is 33.3. The van der Waals surface area contributed by atoms with Gasteiger partial charge in [0.05, 0.1) is 19.8 Å². The number of unbranched alkanes of at least 4 members (excludes halogenated alkanes) is 21. The van der Waals surface area contributed by atoms with Crippen LogP contribution in [0, 0.1) is 0 Å². The molecule has 11 heteroatoms. The van der Waals surface area contributed by atoms with E-state index in [9.17, 15) is 19.0 Å². The number of carbonyl (C=O) groups is 2. The molecule has 0 bridgehead atoms. The van der Waals surface area contributed by atoms with Crippen LogP contribution in [-0.2, 0) is 32.7 Å². The van der Waals surface area contributed by atoms with Gasteiger partial charge in [0.2, 0.25) is 0 Å². The minimum Gasteiger partial charge on any atom is -0.480 e. The molecule has 0 aromatic rings. The van der Waals surface area contributed by atoms with Gasteiger partial charge in [-0.05, 0) is 70.6 Å². The molecule has 0 saturated carbocycles. The van der Waals surface area contributed by atoms with Gasteiger partial charge >= 0.3 is 19.8 Å². The van der Waals surface area contributed by atoms with Crippen LogP contribution < -0.4 is 5.73 Å². The smallest absolute Gasteiger partial charge is 0.472 e. The quantitative estimate of drug-likeness (QED) is 0.0236. The minimum absolute atomic E-state index is 0.00708. The standard InChI is InChI=1S/C43H80NO9P/c1-3-5-7-9-11-13-15-17-19-20-22-24-26-28-30-32-34-36-50-37-40(38-51-54(48,49)52-39-41(44)43(46)47)53-42(45)35-33-31-29-27-25-23-21-18-16-14-12-10-8-6-4-2/h13,15,18-21,40-41H,3-12,14,16-17,22-39,44H2,1-2H3,(H,46,47)(H,48,49)/b15-13-,20-19-,21-18-. The highest BCUT2D eigenvalue weighted by atomic mass is 31.2. The summed E-state index contributed by atoms with van der Waals surface area (Å²) >= 11 is 0. The number of phosphoric acid groups is 1. The minimum atomic E-state index is -4.62. The van der Waals surface area contributed by atoms with E-state index in [1.807, 2.05) is 0 Å². The lowest BCUT2D eigenvalue weighted by Crippen LogP contribution is -2.34. The van der Waals surface area contributed by atoms with Crippen LogP contribution in [0.5, 0.6) is 0 Å². The van der Waals surface area contributed by atoms with Crippen molar-refractivity contribution in [1.82, 2.24) is 0 Å². The van der Waals surface area contributed by atoms with Gasteiger partial charge in [-0.15, -0.1) is 0 Å². The first-order valence-corrected chi connectivity index (χ1v) is 23.0. The molecule has 3 unspecified atom stereocenters. The van der Waals surface area contributed by atoms with Crippen LogP contribution >= 0.6 is 7.82 Å². The number of hydrogen-bond acceptors (Lipinski definition) is 8. The molecule has 0 aromatic heterocycles. The molecule has 0 amide bonds. The molecule has 4 N–H and O–H groups in total. The molecule has 0 spiro atoms. The zero-order chi connectivity index (χ0) is 39.8. The summed E-state index contributed by atoms with van der Waals surface area (Å²) in [5.41, 5.74) is 5.35. The molecule has 54 heavy (non-hydrogen) atoms. The Morgan fingerprint density at radius 3 is 1.54 bits per heavy atom. The number of carboxylic acids is 1. The van der Waals surface area contributed by atoms with Gasteiger partial charge in [-0.25, -0.2) is 4.57 Å². The second kappa shape index (κ2) is 39.4. The number of phosphoric ester groups is 1. The zero-order valence-electron chi connectivity index (χ0n) is 34.3. The van der Waals surface area contributed by atoms with Gasteiger partial charge < -0.3 is 25.2 Å². The Morgan fingerprint density at radius 2 is 1.02 bits per heavy atom. The van der Waals surface area contributed by atoms with Gasteiger partial charge in [0.15, 0.2) is 0 Å². The molecule has 0 radical (unpaired) electrons. The topological polar surface area (TPSA) is 155 Å². The Hall–Kier alpha value is -1.81. The highest BCUT2D eigenvalue weighted by Gasteiger charge is 2.27. The summed E-state index contributed by atoms with van der Waals surface area (Å²) in [4.78, 5) is 33.5. The Balaban J connectivity index is 4.28. The van der Waals surface area contributed by atoms with Gasteiger partial charge in [-0.1, -0.05) is 147 Å².